The predicted molar refractivity (Wildman–Crippen MR) is 377 cm³/mol. The van der Waals surface area contributed by atoms with Crippen molar-refractivity contribution < 1.29 is 80.2 Å². The van der Waals surface area contributed by atoms with Gasteiger partial charge >= 0.3 is 39.5 Å². The number of unbranched alkanes of at least 4 members (excludes halogenated alkanes) is 43. The van der Waals surface area contributed by atoms with E-state index in [0.717, 1.165) is 102 Å². The number of rotatable bonds is 73. The number of aliphatic hydroxyl groups excluding tert-OH is 1. The molecule has 0 radical (unpaired) electrons. The summed E-state index contributed by atoms with van der Waals surface area (Å²) in [6.07, 6.45) is 52.6. The van der Waals surface area contributed by atoms with Gasteiger partial charge in [-0.2, -0.15) is 0 Å². The van der Waals surface area contributed by atoms with Crippen LogP contribution < -0.4 is 0 Å². The largest absolute Gasteiger partial charge is 0.472 e. The minimum absolute atomic E-state index is 0.106. The topological polar surface area (TPSA) is 237 Å². The van der Waals surface area contributed by atoms with Gasteiger partial charge in [-0.1, -0.05) is 330 Å². The Morgan fingerprint density at radius 1 is 0.290 bits per heavy atom. The van der Waals surface area contributed by atoms with Gasteiger partial charge in [0.15, 0.2) is 12.2 Å². The maximum Gasteiger partial charge on any atom is 0.472 e. The second-order valence-corrected chi connectivity index (χ2v) is 30.5. The molecule has 0 aliphatic rings. The zero-order valence-electron chi connectivity index (χ0n) is 60.6. The molecule has 0 amide bonds. The Kier molecular flexibility index (Phi) is 64.6. The molecule has 0 aromatic carbocycles. The second-order valence-electron chi connectivity index (χ2n) is 27.6. The molecule has 0 aromatic rings. The number of phosphoric acid groups is 2. The highest BCUT2D eigenvalue weighted by molar-refractivity contribution is 7.47. The number of ether oxygens (including phenoxy) is 4. The molecule has 0 saturated carbocycles. The Morgan fingerprint density at radius 2 is 0.495 bits per heavy atom. The lowest BCUT2D eigenvalue weighted by Crippen LogP contribution is -2.30. The van der Waals surface area contributed by atoms with Crippen LogP contribution in [0.1, 0.15) is 382 Å². The summed E-state index contributed by atoms with van der Waals surface area (Å²) in [5, 5.41) is 10.6. The van der Waals surface area contributed by atoms with Crippen molar-refractivity contribution in [2.45, 2.75) is 400 Å². The van der Waals surface area contributed by atoms with E-state index in [4.69, 9.17) is 37.0 Å². The summed E-state index contributed by atoms with van der Waals surface area (Å²) < 4.78 is 68.5. The van der Waals surface area contributed by atoms with Gasteiger partial charge in [0, 0.05) is 25.7 Å². The molecule has 0 heterocycles. The molecule has 0 spiro atoms. The van der Waals surface area contributed by atoms with E-state index < -0.39 is 97.5 Å². The van der Waals surface area contributed by atoms with Crippen molar-refractivity contribution in [3.05, 3.63) is 0 Å². The maximum atomic E-state index is 13.1. The van der Waals surface area contributed by atoms with Gasteiger partial charge in [-0.3, -0.25) is 37.3 Å². The fourth-order valence-corrected chi connectivity index (χ4v) is 12.9. The van der Waals surface area contributed by atoms with Crippen molar-refractivity contribution in [3.8, 4) is 0 Å². The molecule has 0 aromatic heterocycles. The standard InChI is InChI=1S/C74H144O17P2/c1-7-9-11-13-15-17-19-20-21-22-23-24-26-34-40-46-52-58-73(78)90-69(62-85-72(77)57-51-45-39-33-28-27-30-36-42-48-54-66(3)4)64-88-92(80,81)86-60-68(75)61-87-93(82,83)89-65-70(63-84-71(76)56-50-44-38-32-25-18-16-14-12-10-8-2)91-74(79)59-53-47-41-35-29-31-37-43-49-55-67(5)6/h66-70,75H,7-65H2,1-6H3,(H,80,81)(H,82,83)/t68-,69-,70-/m1/s1. The van der Waals surface area contributed by atoms with Gasteiger partial charge in [0.05, 0.1) is 26.4 Å². The molecule has 0 aliphatic heterocycles. The number of esters is 4. The van der Waals surface area contributed by atoms with E-state index in [1.807, 2.05) is 0 Å². The zero-order valence-corrected chi connectivity index (χ0v) is 62.3. The van der Waals surface area contributed by atoms with Crippen LogP contribution >= 0.6 is 15.6 Å². The lowest BCUT2D eigenvalue weighted by Gasteiger charge is -2.21. The average Bonchev–Trinajstić information content (AvgIpc) is 3.34. The SMILES string of the molecule is CCCCCCCCCCCCCCCCCCCC(=O)O[C@H](COC(=O)CCCCCCCCCCCCC(C)C)COP(=O)(O)OC[C@@H](O)COP(=O)(O)OC[C@@H](COC(=O)CCCCCCCCCCCCC)OC(=O)CCCCCCCCCCCC(C)C. The lowest BCUT2D eigenvalue weighted by atomic mass is 10.0. The fraction of sp³-hybridized carbons (Fsp3) is 0.946. The molecule has 0 fully saturated rings. The van der Waals surface area contributed by atoms with Crippen LogP contribution in [-0.4, -0.2) is 96.7 Å². The van der Waals surface area contributed by atoms with E-state index in [0.29, 0.717) is 25.7 Å². The van der Waals surface area contributed by atoms with Crippen molar-refractivity contribution in [3.63, 3.8) is 0 Å². The lowest BCUT2D eigenvalue weighted by molar-refractivity contribution is -0.161. The molecule has 17 nitrogen and oxygen atoms in total. The van der Waals surface area contributed by atoms with Crippen LogP contribution in [0.5, 0.6) is 0 Å². The van der Waals surface area contributed by atoms with Gasteiger partial charge in [-0.05, 0) is 37.5 Å². The molecular weight excluding hydrogens is 1220 g/mol. The normalized spacial score (nSPS) is 14.1. The Labute approximate surface area is 568 Å². The Morgan fingerprint density at radius 3 is 0.731 bits per heavy atom. The summed E-state index contributed by atoms with van der Waals surface area (Å²) in [6.45, 7) is 9.55. The van der Waals surface area contributed by atoms with Crippen molar-refractivity contribution >= 4 is 39.5 Å². The number of aliphatic hydroxyl groups is 1. The first-order chi connectivity index (χ1) is 44.9. The Hall–Kier alpha value is -1.94. The molecule has 0 saturated heterocycles. The number of hydrogen-bond donors (Lipinski definition) is 3. The molecule has 552 valence electrons. The van der Waals surface area contributed by atoms with Gasteiger partial charge in [0.1, 0.15) is 19.3 Å². The summed E-state index contributed by atoms with van der Waals surface area (Å²) >= 11 is 0. The first kappa shape index (κ1) is 91.1. The number of carbonyl (C=O) groups is 4. The summed E-state index contributed by atoms with van der Waals surface area (Å²) in [7, 11) is -9.91. The van der Waals surface area contributed by atoms with Crippen molar-refractivity contribution in [1.29, 1.82) is 0 Å². The summed E-state index contributed by atoms with van der Waals surface area (Å²) in [5.41, 5.74) is 0. The van der Waals surface area contributed by atoms with E-state index in [1.54, 1.807) is 0 Å². The highest BCUT2D eigenvalue weighted by Crippen LogP contribution is 2.45. The van der Waals surface area contributed by atoms with Crippen LogP contribution in [0.25, 0.3) is 0 Å². The third-order valence-electron chi connectivity index (χ3n) is 17.2. The third kappa shape index (κ3) is 68.4. The summed E-state index contributed by atoms with van der Waals surface area (Å²) in [4.78, 5) is 72.7. The zero-order chi connectivity index (χ0) is 68.6. The molecule has 0 bridgehead atoms. The average molecular weight is 1370 g/mol. The van der Waals surface area contributed by atoms with Crippen molar-refractivity contribution in [2.24, 2.45) is 11.8 Å². The molecule has 5 atom stereocenters. The smallest absolute Gasteiger partial charge is 0.462 e. The third-order valence-corrected chi connectivity index (χ3v) is 19.1. The van der Waals surface area contributed by atoms with Crippen LogP contribution in [0.3, 0.4) is 0 Å². The maximum absolute atomic E-state index is 13.1. The number of phosphoric ester groups is 2. The van der Waals surface area contributed by atoms with E-state index in [1.165, 1.54) is 199 Å². The second kappa shape index (κ2) is 66.0. The first-order valence-electron chi connectivity index (χ1n) is 38.5. The van der Waals surface area contributed by atoms with Crippen molar-refractivity contribution in [2.75, 3.05) is 39.6 Å². The number of hydrogen-bond acceptors (Lipinski definition) is 15. The minimum Gasteiger partial charge on any atom is -0.462 e. The Bertz CT molecular complexity index is 1800. The molecule has 19 heteroatoms. The highest BCUT2D eigenvalue weighted by Gasteiger charge is 2.30. The first-order valence-corrected chi connectivity index (χ1v) is 41.5. The van der Waals surface area contributed by atoms with Gasteiger partial charge < -0.3 is 33.8 Å². The van der Waals surface area contributed by atoms with Gasteiger partial charge in [0.2, 0.25) is 0 Å². The number of carbonyl (C=O) groups excluding carboxylic acids is 4. The quantitative estimate of drug-likeness (QED) is 0.0222. The predicted octanol–water partition coefficient (Wildman–Crippen LogP) is 21.6. The monoisotopic (exact) mass is 1370 g/mol. The van der Waals surface area contributed by atoms with E-state index in [2.05, 4.69) is 41.5 Å². The van der Waals surface area contributed by atoms with E-state index >= 15 is 0 Å². The molecular formula is C74H144O17P2. The fourth-order valence-electron chi connectivity index (χ4n) is 11.3. The summed E-state index contributed by atoms with van der Waals surface area (Å²) in [5.74, 6) is -0.622. The van der Waals surface area contributed by atoms with Crippen LogP contribution in [0.4, 0.5) is 0 Å². The van der Waals surface area contributed by atoms with Crippen LogP contribution in [0, 0.1) is 11.8 Å². The Balaban J connectivity index is 5.25. The van der Waals surface area contributed by atoms with Gasteiger partial charge in [0.25, 0.3) is 0 Å². The summed E-state index contributed by atoms with van der Waals surface area (Å²) in [6, 6.07) is 0. The van der Waals surface area contributed by atoms with E-state index in [9.17, 15) is 43.2 Å². The van der Waals surface area contributed by atoms with Crippen LogP contribution in [0.2, 0.25) is 0 Å². The minimum atomic E-state index is -4.96. The van der Waals surface area contributed by atoms with E-state index in [-0.39, 0.29) is 25.7 Å². The molecule has 2 unspecified atom stereocenters. The van der Waals surface area contributed by atoms with Gasteiger partial charge in [-0.15, -0.1) is 0 Å². The van der Waals surface area contributed by atoms with Gasteiger partial charge in [-0.25, -0.2) is 9.13 Å². The molecule has 0 aliphatic carbocycles. The molecule has 0 rings (SSSR count). The van der Waals surface area contributed by atoms with Crippen molar-refractivity contribution in [1.82, 2.24) is 0 Å². The molecule has 93 heavy (non-hydrogen) atoms. The molecule has 3 N–H and O–H groups in total. The van der Waals surface area contributed by atoms with Crippen LogP contribution in [0.15, 0.2) is 0 Å². The highest BCUT2D eigenvalue weighted by atomic mass is 31.2. The van der Waals surface area contributed by atoms with Crippen LogP contribution in [-0.2, 0) is 65.4 Å².